The van der Waals surface area contributed by atoms with Gasteiger partial charge in [0.1, 0.15) is 12.1 Å². The highest BCUT2D eigenvalue weighted by Gasteiger charge is 2.39. The molecule has 7 heteroatoms. The predicted octanol–water partition coefficient (Wildman–Crippen LogP) is -0.697. The fourth-order valence-corrected chi connectivity index (χ4v) is 3.33. The normalized spacial score (nSPS) is 27.2. The van der Waals surface area contributed by atoms with Gasteiger partial charge < -0.3 is 15.5 Å². The Morgan fingerprint density at radius 2 is 2.33 bits per heavy atom. The van der Waals surface area contributed by atoms with Crippen molar-refractivity contribution < 1.29 is 14.4 Å². The van der Waals surface area contributed by atoms with E-state index in [1.807, 2.05) is 6.92 Å². The van der Waals surface area contributed by atoms with Crippen LogP contribution in [0.2, 0.25) is 0 Å². The van der Waals surface area contributed by atoms with Crippen molar-refractivity contribution in [2.45, 2.75) is 31.8 Å². The van der Waals surface area contributed by atoms with E-state index in [0.29, 0.717) is 31.0 Å². The van der Waals surface area contributed by atoms with E-state index < -0.39 is 12.1 Å². The Morgan fingerprint density at radius 3 is 2.94 bits per heavy atom. The van der Waals surface area contributed by atoms with Gasteiger partial charge in [0.25, 0.3) is 0 Å². The minimum absolute atomic E-state index is 0.0882. The van der Waals surface area contributed by atoms with Crippen LogP contribution in [0.1, 0.15) is 19.8 Å². The first-order valence-corrected chi connectivity index (χ1v) is 7.24. The first-order chi connectivity index (χ1) is 8.63. The minimum atomic E-state index is -0.451. The van der Waals surface area contributed by atoms with Crippen molar-refractivity contribution in [2.75, 3.05) is 18.2 Å². The number of nitrogens with one attached hydrogen (secondary N) is 2. The number of amides is 3. The summed E-state index contributed by atoms with van der Waals surface area (Å²) in [5.74, 6) is 0.808. The van der Waals surface area contributed by atoms with E-state index in [2.05, 4.69) is 10.6 Å². The van der Waals surface area contributed by atoms with Gasteiger partial charge in [-0.15, -0.1) is 11.8 Å². The molecule has 3 amide bonds. The van der Waals surface area contributed by atoms with Gasteiger partial charge in [0.15, 0.2) is 0 Å². The van der Waals surface area contributed by atoms with Crippen LogP contribution in [0.5, 0.6) is 0 Å². The largest absolute Gasteiger partial charge is 0.355 e. The van der Waals surface area contributed by atoms with Crippen LogP contribution in [-0.4, -0.2) is 52.9 Å². The number of hydrogen-bond donors (Lipinski definition) is 2. The molecule has 0 radical (unpaired) electrons. The van der Waals surface area contributed by atoms with E-state index in [1.54, 1.807) is 16.7 Å². The Kier molecular flexibility index (Phi) is 4.11. The summed E-state index contributed by atoms with van der Waals surface area (Å²) in [5.41, 5.74) is 0. The molecule has 2 aliphatic heterocycles. The Balaban J connectivity index is 2.00. The van der Waals surface area contributed by atoms with Crippen LogP contribution in [0.25, 0.3) is 0 Å². The fourth-order valence-electron chi connectivity index (χ4n) is 2.17. The van der Waals surface area contributed by atoms with E-state index in [-0.39, 0.29) is 17.7 Å². The summed E-state index contributed by atoms with van der Waals surface area (Å²) in [5, 5.41) is 5.39. The van der Waals surface area contributed by atoms with Crippen LogP contribution in [0.15, 0.2) is 0 Å². The predicted molar refractivity (Wildman–Crippen MR) is 67.8 cm³/mol. The van der Waals surface area contributed by atoms with Crippen molar-refractivity contribution in [3.8, 4) is 0 Å². The van der Waals surface area contributed by atoms with Gasteiger partial charge in [-0.25, -0.2) is 0 Å². The number of hydrogen-bond acceptors (Lipinski definition) is 4. The molecular formula is C11H17N3O3S. The van der Waals surface area contributed by atoms with Crippen LogP contribution in [0.4, 0.5) is 0 Å². The monoisotopic (exact) mass is 271 g/mol. The zero-order valence-electron chi connectivity index (χ0n) is 10.3. The molecule has 0 saturated carbocycles. The van der Waals surface area contributed by atoms with Crippen LogP contribution >= 0.6 is 11.8 Å². The second-order valence-electron chi connectivity index (χ2n) is 4.38. The summed E-state index contributed by atoms with van der Waals surface area (Å²) in [6.45, 7) is 2.41. The average Bonchev–Trinajstić information content (AvgIpc) is 2.96. The molecule has 2 rings (SSSR count). The van der Waals surface area contributed by atoms with Gasteiger partial charge in [-0.3, -0.25) is 14.4 Å². The van der Waals surface area contributed by atoms with Gasteiger partial charge in [0.05, 0.1) is 5.88 Å². The number of carbonyl (C=O) groups is 3. The Hall–Kier alpha value is -1.24. The van der Waals surface area contributed by atoms with E-state index in [9.17, 15) is 14.4 Å². The number of nitrogens with zero attached hydrogens (tertiary/aromatic N) is 1. The van der Waals surface area contributed by atoms with Crippen molar-refractivity contribution in [2.24, 2.45) is 0 Å². The van der Waals surface area contributed by atoms with E-state index in [1.165, 1.54) is 0 Å². The lowest BCUT2D eigenvalue weighted by atomic mass is 10.1. The maximum absolute atomic E-state index is 12.2. The van der Waals surface area contributed by atoms with Gasteiger partial charge in [-0.2, -0.15) is 0 Å². The second-order valence-corrected chi connectivity index (χ2v) is 5.38. The molecule has 0 aromatic carbocycles. The molecule has 0 unspecified atom stereocenters. The van der Waals surface area contributed by atoms with Crippen molar-refractivity contribution in [1.29, 1.82) is 0 Å². The third-order valence-electron chi connectivity index (χ3n) is 3.11. The number of thioether (sulfide) groups is 1. The summed E-state index contributed by atoms with van der Waals surface area (Å²) >= 11 is 1.56. The molecule has 2 heterocycles. The lowest BCUT2D eigenvalue weighted by molar-refractivity contribution is -0.139. The van der Waals surface area contributed by atoms with Gasteiger partial charge in [0.2, 0.25) is 17.7 Å². The molecule has 0 aromatic heterocycles. The minimum Gasteiger partial charge on any atom is -0.355 e. The van der Waals surface area contributed by atoms with E-state index in [4.69, 9.17) is 0 Å². The molecule has 2 saturated heterocycles. The van der Waals surface area contributed by atoms with Gasteiger partial charge in [0, 0.05) is 18.7 Å². The molecule has 100 valence electrons. The SMILES string of the molecule is CCNC(=O)[C@@H]1CSCN1C(=O)[C@@H]1CCC(=O)N1. The second kappa shape index (κ2) is 5.60. The highest BCUT2D eigenvalue weighted by molar-refractivity contribution is 7.99. The zero-order valence-corrected chi connectivity index (χ0v) is 11.1. The zero-order chi connectivity index (χ0) is 13.1. The molecule has 0 bridgehead atoms. The van der Waals surface area contributed by atoms with Gasteiger partial charge in [-0.05, 0) is 13.3 Å². The summed E-state index contributed by atoms with van der Waals surface area (Å²) < 4.78 is 0. The molecular weight excluding hydrogens is 254 g/mol. The average molecular weight is 271 g/mol. The number of likely N-dealkylation sites (N-methyl/N-ethyl adjacent to an activating group) is 1. The summed E-state index contributed by atoms with van der Waals surface area (Å²) in [6, 6.07) is -0.854. The molecule has 6 nitrogen and oxygen atoms in total. The van der Waals surface area contributed by atoms with Gasteiger partial charge >= 0.3 is 0 Å². The summed E-state index contributed by atoms with van der Waals surface area (Å²) in [7, 11) is 0. The van der Waals surface area contributed by atoms with E-state index >= 15 is 0 Å². The van der Waals surface area contributed by atoms with Crippen molar-refractivity contribution in [3.63, 3.8) is 0 Å². The first-order valence-electron chi connectivity index (χ1n) is 6.08. The van der Waals surface area contributed by atoms with E-state index in [0.717, 1.165) is 0 Å². The topological polar surface area (TPSA) is 78.5 Å². The maximum Gasteiger partial charge on any atom is 0.246 e. The Bertz CT molecular complexity index is 375. The molecule has 0 aliphatic carbocycles. The lowest BCUT2D eigenvalue weighted by Crippen LogP contribution is -2.52. The van der Waals surface area contributed by atoms with Crippen molar-refractivity contribution in [3.05, 3.63) is 0 Å². The molecule has 2 fully saturated rings. The third kappa shape index (κ3) is 2.60. The number of carbonyl (C=O) groups excluding carboxylic acids is 3. The smallest absolute Gasteiger partial charge is 0.246 e. The third-order valence-corrected chi connectivity index (χ3v) is 4.12. The van der Waals surface area contributed by atoms with Crippen LogP contribution in [0, 0.1) is 0 Å². The first kappa shape index (κ1) is 13.2. The molecule has 2 atom stereocenters. The van der Waals surface area contributed by atoms with Crippen LogP contribution in [0.3, 0.4) is 0 Å². The quantitative estimate of drug-likeness (QED) is 0.711. The molecule has 2 N–H and O–H groups in total. The summed E-state index contributed by atoms with van der Waals surface area (Å²) in [4.78, 5) is 36.8. The Labute approximate surface area is 110 Å². The van der Waals surface area contributed by atoms with Crippen molar-refractivity contribution >= 4 is 29.5 Å². The molecule has 0 aromatic rings. The fraction of sp³-hybridized carbons (Fsp3) is 0.727. The standard InChI is InChI=1S/C11H17N3O3S/c1-2-12-10(16)8-5-18-6-14(8)11(17)7-3-4-9(15)13-7/h7-8H,2-6H2,1H3,(H,12,16)(H,13,15)/t7-,8-/m0/s1. The highest BCUT2D eigenvalue weighted by atomic mass is 32.2. The van der Waals surface area contributed by atoms with Gasteiger partial charge in [-0.1, -0.05) is 0 Å². The maximum atomic E-state index is 12.2. The molecule has 0 spiro atoms. The Morgan fingerprint density at radius 1 is 1.56 bits per heavy atom. The van der Waals surface area contributed by atoms with Crippen LogP contribution in [-0.2, 0) is 14.4 Å². The lowest BCUT2D eigenvalue weighted by Gasteiger charge is -2.25. The molecule has 18 heavy (non-hydrogen) atoms. The highest BCUT2D eigenvalue weighted by Crippen LogP contribution is 2.23. The number of rotatable bonds is 3. The van der Waals surface area contributed by atoms with Crippen molar-refractivity contribution in [1.82, 2.24) is 15.5 Å². The summed E-state index contributed by atoms with van der Waals surface area (Å²) in [6.07, 6.45) is 0.921. The molecule has 2 aliphatic rings. The van der Waals surface area contributed by atoms with Crippen LogP contribution < -0.4 is 10.6 Å².